The molecule has 2 aromatic carbocycles. The number of aryl methyl sites for hydroxylation is 1. The minimum absolute atomic E-state index is 0.142. The van der Waals surface area contributed by atoms with E-state index in [2.05, 4.69) is 24.4 Å². The molecule has 0 aliphatic rings. The molecule has 0 radical (unpaired) electrons. The molecule has 2 aromatic rings. The second kappa shape index (κ2) is 11.2. The highest BCUT2D eigenvalue weighted by atomic mass is 16.5. The highest BCUT2D eigenvalue weighted by molar-refractivity contribution is 5.95. The summed E-state index contributed by atoms with van der Waals surface area (Å²) in [6.07, 6.45) is 0.953. The third kappa shape index (κ3) is 5.90. The second-order valence-corrected chi connectivity index (χ2v) is 7.34. The Morgan fingerprint density at radius 2 is 1.55 bits per heavy atom. The fraction of sp³-hybridized carbons (Fsp3) is 0.417. The molecule has 2 rings (SSSR count). The van der Waals surface area contributed by atoms with Gasteiger partial charge >= 0.3 is 5.97 Å². The van der Waals surface area contributed by atoms with Gasteiger partial charge in [-0.2, -0.15) is 0 Å². The average Bonchev–Trinajstić information content (AvgIpc) is 2.79. The summed E-state index contributed by atoms with van der Waals surface area (Å²) in [5, 5.41) is 2.95. The van der Waals surface area contributed by atoms with E-state index in [9.17, 15) is 9.59 Å². The minimum atomic E-state index is -0.693. The smallest absolute Gasteiger partial charge is 0.342 e. The Morgan fingerprint density at radius 1 is 0.903 bits per heavy atom. The summed E-state index contributed by atoms with van der Waals surface area (Å²) in [6, 6.07) is 11.0. The summed E-state index contributed by atoms with van der Waals surface area (Å²) < 4.78 is 21.0. The highest BCUT2D eigenvalue weighted by Gasteiger charge is 2.23. The van der Waals surface area contributed by atoms with Crippen molar-refractivity contribution >= 4 is 11.9 Å². The average molecular weight is 430 g/mol. The molecule has 0 saturated heterocycles. The maximum absolute atomic E-state index is 12.6. The van der Waals surface area contributed by atoms with Gasteiger partial charge in [0.2, 0.25) is 5.75 Å². The predicted octanol–water partition coefficient (Wildman–Crippen LogP) is 3.95. The van der Waals surface area contributed by atoms with Crippen molar-refractivity contribution in [3.63, 3.8) is 0 Å². The van der Waals surface area contributed by atoms with Crippen LogP contribution < -0.4 is 19.5 Å². The van der Waals surface area contributed by atoms with Gasteiger partial charge in [-0.15, -0.1) is 0 Å². The summed E-state index contributed by atoms with van der Waals surface area (Å²) in [4.78, 5) is 25.1. The molecule has 0 aliphatic carbocycles. The molecule has 0 heterocycles. The van der Waals surface area contributed by atoms with Crippen molar-refractivity contribution in [1.29, 1.82) is 0 Å². The summed E-state index contributed by atoms with van der Waals surface area (Å²) >= 11 is 0. The SMILES string of the molecule is CCc1ccc([C@@H](NC(=O)COC(=O)c2ccc(OC)c(OC)c2OC)C(C)C)cc1. The van der Waals surface area contributed by atoms with Gasteiger partial charge in [0.15, 0.2) is 18.1 Å². The summed E-state index contributed by atoms with van der Waals surface area (Å²) in [5.41, 5.74) is 2.38. The van der Waals surface area contributed by atoms with Crippen LogP contribution in [0.4, 0.5) is 0 Å². The van der Waals surface area contributed by atoms with E-state index in [4.69, 9.17) is 18.9 Å². The Kier molecular flexibility index (Phi) is 8.73. The first-order valence-electron chi connectivity index (χ1n) is 10.2. The number of methoxy groups -OCH3 is 3. The molecule has 0 bridgehead atoms. The summed E-state index contributed by atoms with van der Waals surface area (Å²) in [5.74, 6) is -0.0318. The lowest BCUT2D eigenvalue weighted by Crippen LogP contribution is -2.35. The Balaban J connectivity index is 2.08. The third-order valence-corrected chi connectivity index (χ3v) is 4.99. The van der Waals surface area contributed by atoms with Crippen LogP contribution in [0.1, 0.15) is 48.3 Å². The number of carbonyl (C=O) groups excluding carboxylic acids is 2. The van der Waals surface area contributed by atoms with Crippen molar-refractivity contribution in [3.05, 3.63) is 53.1 Å². The van der Waals surface area contributed by atoms with Crippen LogP contribution in [0.5, 0.6) is 17.2 Å². The first kappa shape index (κ1) is 24.1. The topological polar surface area (TPSA) is 83.1 Å². The molecule has 0 fully saturated rings. The van der Waals surface area contributed by atoms with Gasteiger partial charge in [0.1, 0.15) is 5.56 Å². The molecule has 168 valence electrons. The maximum atomic E-state index is 12.6. The van der Waals surface area contributed by atoms with Gasteiger partial charge in [0, 0.05) is 0 Å². The second-order valence-electron chi connectivity index (χ2n) is 7.34. The normalized spacial score (nSPS) is 11.6. The lowest BCUT2D eigenvalue weighted by Gasteiger charge is -2.23. The van der Waals surface area contributed by atoms with Crippen molar-refractivity contribution < 1.29 is 28.5 Å². The molecule has 1 atom stereocenters. The van der Waals surface area contributed by atoms with Crippen LogP contribution >= 0.6 is 0 Å². The zero-order valence-electron chi connectivity index (χ0n) is 19.0. The molecule has 7 nitrogen and oxygen atoms in total. The number of carbonyl (C=O) groups is 2. The number of ether oxygens (including phenoxy) is 4. The Morgan fingerprint density at radius 3 is 2.06 bits per heavy atom. The molecule has 1 amide bonds. The Labute approximate surface area is 183 Å². The molecule has 0 aliphatic heterocycles. The number of nitrogens with one attached hydrogen (secondary N) is 1. The standard InChI is InChI=1S/C24H31NO6/c1-7-16-8-10-17(11-9-16)21(15(2)3)25-20(26)14-31-24(27)18-12-13-19(28-4)23(30-6)22(18)29-5/h8-13,15,21H,7,14H2,1-6H3,(H,25,26)/t21-/m0/s1. The van der Waals surface area contributed by atoms with E-state index in [1.165, 1.54) is 33.0 Å². The number of benzene rings is 2. The van der Waals surface area contributed by atoms with Gasteiger partial charge < -0.3 is 24.3 Å². The maximum Gasteiger partial charge on any atom is 0.342 e. The molecule has 31 heavy (non-hydrogen) atoms. The molecular formula is C24H31NO6. The van der Waals surface area contributed by atoms with Gasteiger partial charge in [-0.3, -0.25) is 4.79 Å². The first-order valence-corrected chi connectivity index (χ1v) is 10.2. The van der Waals surface area contributed by atoms with Crippen molar-refractivity contribution in [2.75, 3.05) is 27.9 Å². The van der Waals surface area contributed by atoms with Crippen LogP contribution in [0.15, 0.2) is 36.4 Å². The van der Waals surface area contributed by atoms with Crippen LogP contribution in [0.2, 0.25) is 0 Å². The molecule has 0 spiro atoms. The van der Waals surface area contributed by atoms with E-state index in [0.717, 1.165) is 12.0 Å². The van der Waals surface area contributed by atoms with Crippen LogP contribution in [-0.2, 0) is 16.0 Å². The van der Waals surface area contributed by atoms with E-state index in [1.807, 2.05) is 26.0 Å². The van der Waals surface area contributed by atoms with E-state index in [1.54, 1.807) is 6.07 Å². The van der Waals surface area contributed by atoms with E-state index in [-0.39, 0.29) is 34.9 Å². The zero-order valence-corrected chi connectivity index (χ0v) is 19.0. The van der Waals surface area contributed by atoms with Crippen LogP contribution in [0, 0.1) is 5.92 Å². The molecular weight excluding hydrogens is 398 g/mol. The van der Waals surface area contributed by atoms with Crippen molar-refractivity contribution in [3.8, 4) is 17.2 Å². The van der Waals surface area contributed by atoms with Crippen LogP contribution in [0.25, 0.3) is 0 Å². The fourth-order valence-corrected chi connectivity index (χ4v) is 3.28. The lowest BCUT2D eigenvalue weighted by atomic mass is 9.95. The number of rotatable bonds is 10. The lowest BCUT2D eigenvalue weighted by molar-refractivity contribution is -0.125. The van der Waals surface area contributed by atoms with Crippen molar-refractivity contribution in [2.45, 2.75) is 33.2 Å². The van der Waals surface area contributed by atoms with E-state index < -0.39 is 12.6 Å². The highest BCUT2D eigenvalue weighted by Crippen LogP contribution is 2.39. The third-order valence-electron chi connectivity index (χ3n) is 4.99. The van der Waals surface area contributed by atoms with Crippen LogP contribution in [-0.4, -0.2) is 39.8 Å². The number of hydrogen-bond donors (Lipinski definition) is 1. The summed E-state index contributed by atoms with van der Waals surface area (Å²) in [6.45, 7) is 5.74. The molecule has 7 heteroatoms. The number of hydrogen-bond acceptors (Lipinski definition) is 6. The molecule has 1 N–H and O–H groups in total. The Hall–Kier alpha value is -3.22. The van der Waals surface area contributed by atoms with E-state index >= 15 is 0 Å². The minimum Gasteiger partial charge on any atom is -0.493 e. The van der Waals surface area contributed by atoms with Crippen molar-refractivity contribution in [2.24, 2.45) is 5.92 Å². The largest absolute Gasteiger partial charge is 0.493 e. The van der Waals surface area contributed by atoms with Crippen LogP contribution in [0.3, 0.4) is 0 Å². The van der Waals surface area contributed by atoms with E-state index in [0.29, 0.717) is 5.75 Å². The van der Waals surface area contributed by atoms with Gasteiger partial charge in [-0.1, -0.05) is 45.0 Å². The quantitative estimate of drug-likeness (QED) is 0.576. The molecule has 0 unspecified atom stereocenters. The fourth-order valence-electron chi connectivity index (χ4n) is 3.28. The first-order chi connectivity index (χ1) is 14.9. The number of esters is 1. The van der Waals surface area contributed by atoms with Crippen molar-refractivity contribution in [1.82, 2.24) is 5.32 Å². The molecule has 0 aromatic heterocycles. The zero-order chi connectivity index (χ0) is 23.0. The van der Waals surface area contributed by atoms with Gasteiger partial charge in [0.25, 0.3) is 5.91 Å². The number of amides is 1. The summed E-state index contributed by atoms with van der Waals surface area (Å²) in [7, 11) is 4.35. The van der Waals surface area contributed by atoms with Gasteiger partial charge in [0.05, 0.1) is 27.4 Å². The monoisotopic (exact) mass is 429 g/mol. The predicted molar refractivity (Wildman–Crippen MR) is 118 cm³/mol. The van der Waals surface area contributed by atoms with Gasteiger partial charge in [-0.05, 0) is 35.6 Å². The molecule has 0 saturated carbocycles. The van der Waals surface area contributed by atoms with Gasteiger partial charge in [-0.25, -0.2) is 4.79 Å². The Bertz CT molecular complexity index is 892.